The molecule has 172 valence electrons. The summed E-state index contributed by atoms with van der Waals surface area (Å²) < 4.78 is 46.0. The number of hydrogen-bond donors (Lipinski definition) is 2. The molecule has 2 aromatic carbocycles. The summed E-state index contributed by atoms with van der Waals surface area (Å²) in [6, 6.07) is 14.6. The number of benzene rings is 2. The van der Waals surface area contributed by atoms with E-state index in [4.69, 9.17) is 4.74 Å². The highest BCUT2D eigenvalue weighted by Gasteiger charge is 2.29. The van der Waals surface area contributed by atoms with Gasteiger partial charge in [-0.3, -0.25) is 0 Å². The van der Waals surface area contributed by atoms with E-state index in [-0.39, 0.29) is 0 Å². The van der Waals surface area contributed by atoms with Gasteiger partial charge >= 0.3 is 6.18 Å². The largest absolute Gasteiger partial charge is 0.492 e. The fourth-order valence-electron chi connectivity index (χ4n) is 3.27. The second-order valence-corrected chi connectivity index (χ2v) is 7.25. The molecule has 0 aliphatic rings. The molecule has 0 saturated carbocycles. The van der Waals surface area contributed by atoms with E-state index in [1.54, 1.807) is 10.9 Å². The molecule has 0 saturated heterocycles. The van der Waals surface area contributed by atoms with Gasteiger partial charge in [0, 0.05) is 6.54 Å². The van der Waals surface area contributed by atoms with Gasteiger partial charge in [0.15, 0.2) is 17.0 Å². The highest BCUT2D eigenvalue weighted by Crippen LogP contribution is 2.29. The van der Waals surface area contributed by atoms with Crippen molar-refractivity contribution in [3.63, 3.8) is 0 Å². The van der Waals surface area contributed by atoms with Crippen molar-refractivity contribution in [1.82, 2.24) is 19.5 Å². The van der Waals surface area contributed by atoms with Crippen molar-refractivity contribution >= 4 is 22.9 Å². The van der Waals surface area contributed by atoms with Crippen molar-refractivity contribution in [1.29, 1.82) is 0 Å². The van der Waals surface area contributed by atoms with Crippen LogP contribution in [0.2, 0.25) is 0 Å². The van der Waals surface area contributed by atoms with Crippen molar-refractivity contribution < 1.29 is 17.9 Å². The number of nitrogens with zero attached hydrogens (tertiary/aromatic N) is 4. The molecule has 0 bridgehead atoms. The van der Waals surface area contributed by atoms with E-state index in [0.29, 0.717) is 54.7 Å². The number of anilines is 2. The molecule has 0 spiro atoms. The molecule has 0 unspecified atom stereocenters. The molecule has 4 aromatic rings. The fraction of sp³-hybridized carbons (Fsp3) is 0.261. The highest BCUT2D eigenvalue weighted by molar-refractivity contribution is 5.84. The third-order valence-corrected chi connectivity index (χ3v) is 4.84. The van der Waals surface area contributed by atoms with Gasteiger partial charge in [0.1, 0.15) is 12.4 Å². The molecular weight excluding hydrogens is 433 g/mol. The zero-order valence-electron chi connectivity index (χ0n) is 17.9. The van der Waals surface area contributed by atoms with Crippen molar-refractivity contribution in [3.05, 3.63) is 72.1 Å². The molecule has 0 radical (unpaired) electrons. The molecular formula is C23H23F3N6O. The quantitative estimate of drug-likeness (QED) is 0.352. The van der Waals surface area contributed by atoms with Gasteiger partial charge in [-0.05, 0) is 36.8 Å². The van der Waals surface area contributed by atoms with Crippen LogP contribution in [0.4, 0.5) is 24.9 Å². The molecule has 2 heterocycles. The normalized spacial score (nSPS) is 11.5. The van der Waals surface area contributed by atoms with Crippen LogP contribution in [-0.2, 0) is 12.7 Å². The number of para-hydroxylation sites is 1. The van der Waals surface area contributed by atoms with Crippen LogP contribution in [-0.4, -0.2) is 39.2 Å². The van der Waals surface area contributed by atoms with E-state index in [1.165, 1.54) is 12.1 Å². The van der Waals surface area contributed by atoms with E-state index in [0.717, 1.165) is 17.9 Å². The summed E-state index contributed by atoms with van der Waals surface area (Å²) in [5, 5.41) is 6.34. The van der Waals surface area contributed by atoms with Crippen LogP contribution < -0.4 is 15.4 Å². The predicted octanol–water partition coefficient (Wildman–Crippen LogP) is 4.82. The van der Waals surface area contributed by atoms with Crippen LogP contribution in [0.15, 0.2) is 60.9 Å². The minimum absolute atomic E-state index is 0.327. The van der Waals surface area contributed by atoms with Crippen molar-refractivity contribution in [3.8, 4) is 5.75 Å². The summed E-state index contributed by atoms with van der Waals surface area (Å²) >= 11 is 0. The van der Waals surface area contributed by atoms with Crippen LogP contribution in [0, 0.1) is 0 Å². The van der Waals surface area contributed by atoms with Gasteiger partial charge in [0.2, 0.25) is 5.95 Å². The average molecular weight is 456 g/mol. The van der Waals surface area contributed by atoms with E-state index in [9.17, 15) is 13.2 Å². The molecule has 7 nitrogen and oxygen atoms in total. The Balaban J connectivity index is 1.52. The van der Waals surface area contributed by atoms with E-state index in [1.807, 2.05) is 37.3 Å². The summed E-state index contributed by atoms with van der Waals surface area (Å²) in [6.45, 7) is 3.83. The summed E-state index contributed by atoms with van der Waals surface area (Å²) in [5.41, 5.74) is 1.18. The topological polar surface area (TPSA) is 76.9 Å². The summed E-state index contributed by atoms with van der Waals surface area (Å²) in [4.78, 5) is 13.5. The Labute approximate surface area is 188 Å². The van der Waals surface area contributed by atoms with Gasteiger partial charge in [-0.1, -0.05) is 30.3 Å². The Hall–Kier alpha value is -3.82. The maximum absolute atomic E-state index is 12.8. The molecule has 0 aliphatic carbocycles. The lowest BCUT2D eigenvalue weighted by molar-refractivity contribution is -0.137. The average Bonchev–Trinajstić information content (AvgIpc) is 3.20. The van der Waals surface area contributed by atoms with E-state index in [2.05, 4.69) is 25.6 Å². The monoisotopic (exact) mass is 456 g/mol. The Morgan fingerprint density at radius 3 is 2.42 bits per heavy atom. The molecule has 0 aliphatic heterocycles. The highest BCUT2D eigenvalue weighted by atomic mass is 19.4. The number of halogens is 3. The molecule has 4 rings (SSSR count). The van der Waals surface area contributed by atoms with Gasteiger partial charge in [-0.2, -0.15) is 23.1 Å². The minimum atomic E-state index is -4.36. The second kappa shape index (κ2) is 9.76. The van der Waals surface area contributed by atoms with E-state index < -0.39 is 11.7 Å². The van der Waals surface area contributed by atoms with Crippen molar-refractivity contribution in [2.75, 3.05) is 30.3 Å². The Morgan fingerprint density at radius 2 is 1.73 bits per heavy atom. The second-order valence-electron chi connectivity index (χ2n) is 7.25. The first-order valence-corrected chi connectivity index (χ1v) is 10.5. The smallest absolute Gasteiger partial charge is 0.416 e. The van der Waals surface area contributed by atoms with Crippen LogP contribution in [0.1, 0.15) is 18.1 Å². The first-order chi connectivity index (χ1) is 15.9. The molecule has 10 heteroatoms. The number of hydrogen-bond acceptors (Lipinski definition) is 6. The number of alkyl halides is 3. The minimum Gasteiger partial charge on any atom is -0.492 e. The SMILES string of the molecule is CCNc1nc(NCCOc2ccccc2)c2ncn(Cc3ccc(C(F)(F)F)cc3)c2n1. The van der Waals surface area contributed by atoms with Gasteiger partial charge in [-0.15, -0.1) is 0 Å². The predicted molar refractivity (Wildman–Crippen MR) is 120 cm³/mol. The lowest BCUT2D eigenvalue weighted by Crippen LogP contribution is -2.14. The zero-order chi connectivity index (χ0) is 23.3. The van der Waals surface area contributed by atoms with Gasteiger partial charge in [-0.25, -0.2) is 4.98 Å². The van der Waals surface area contributed by atoms with Crippen LogP contribution in [0.5, 0.6) is 5.75 Å². The molecule has 2 aromatic heterocycles. The molecule has 33 heavy (non-hydrogen) atoms. The maximum atomic E-state index is 12.8. The summed E-state index contributed by atoms with van der Waals surface area (Å²) in [6.07, 6.45) is -2.75. The maximum Gasteiger partial charge on any atom is 0.416 e. The van der Waals surface area contributed by atoms with Crippen molar-refractivity contribution in [2.24, 2.45) is 0 Å². The fourth-order valence-corrected chi connectivity index (χ4v) is 3.27. The van der Waals surface area contributed by atoms with Crippen molar-refractivity contribution in [2.45, 2.75) is 19.6 Å². The van der Waals surface area contributed by atoms with Gasteiger partial charge in [0.25, 0.3) is 0 Å². The lowest BCUT2D eigenvalue weighted by Gasteiger charge is -2.11. The van der Waals surface area contributed by atoms with Crippen LogP contribution >= 0.6 is 0 Å². The molecule has 0 amide bonds. The standard InChI is InChI=1S/C23H23F3N6O/c1-2-27-22-30-20(28-12-13-33-18-6-4-3-5-7-18)19-21(31-22)32(15-29-19)14-16-8-10-17(11-9-16)23(24,25)26/h3-11,15H,2,12-14H2,1H3,(H2,27,28,30,31). The number of imidazole rings is 1. The Bertz CT molecular complexity index is 1190. The number of fused-ring (bicyclic) bond motifs is 1. The van der Waals surface area contributed by atoms with E-state index >= 15 is 0 Å². The zero-order valence-corrected chi connectivity index (χ0v) is 17.9. The third kappa shape index (κ3) is 5.51. The number of rotatable bonds is 9. The van der Waals surface area contributed by atoms with Gasteiger partial charge < -0.3 is 19.9 Å². The molecule has 0 fully saturated rings. The first-order valence-electron chi connectivity index (χ1n) is 10.5. The summed E-state index contributed by atoms with van der Waals surface area (Å²) in [5.74, 6) is 1.77. The third-order valence-electron chi connectivity index (χ3n) is 4.84. The number of nitrogens with one attached hydrogen (secondary N) is 2. The van der Waals surface area contributed by atoms with Gasteiger partial charge in [0.05, 0.1) is 25.0 Å². The first kappa shape index (κ1) is 22.4. The molecule has 2 N–H and O–H groups in total. The Morgan fingerprint density at radius 1 is 0.970 bits per heavy atom. The van der Waals surface area contributed by atoms with Crippen LogP contribution in [0.25, 0.3) is 11.2 Å². The Kier molecular flexibility index (Phi) is 6.62. The van der Waals surface area contributed by atoms with Crippen LogP contribution in [0.3, 0.4) is 0 Å². The summed E-state index contributed by atoms with van der Waals surface area (Å²) in [7, 11) is 0. The molecule has 0 atom stereocenters. The number of ether oxygens (including phenoxy) is 1. The number of aromatic nitrogens is 4. The lowest BCUT2D eigenvalue weighted by atomic mass is 10.1.